The molecule has 0 atom stereocenters. The van der Waals surface area contributed by atoms with Crippen LogP contribution in [0.25, 0.3) is 0 Å². The van der Waals surface area contributed by atoms with Crippen molar-refractivity contribution in [3.63, 3.8) is 0 Å². The molecule has 2 heterocycles. The number of aromatic nitrogens is 4. The Bertz CT molecular complexity index is 448. The highest BCUT2D eigenvalue weighted by molar-refractivity contribution is 5.95. The maximum Gasteiger partial charge on any atom is 0.277 e. The van der Waals surface area contributed by atoms with Crippen LogP contribution in [0.3, 0.4) is 0 Å². The molecule has 78 valence electrons. The second-order valence-electron chi connectivity index (χ2n) is 2.72. The van der Waals surface area contributed by atoms with E-state index in [9.17, 15) is 4.79 Å². The molecular formula is C7H8N6O2. The van der Waals surface area contributed by atoms with Gasteiger partial charge in [-0.3, -0.25) is 4.79 Å². The van der Waals surface area contributed by atoms with E-state index in [-0.39, 0.29) is 18.1 Å². The van der Waals surface area contributed by atoms with E-state index in [2.05, 4.69) is 30.2 Å². The van der Waals surface area contributed by atoms with Gasteiger partial charge in [0.05, 0.1) is 6.54 Å². The molecule has 0 saturated carbocycles. The van der Waals surface area contributed by atoms with Crippen LogP contribution >= 0.6 is 0 Å². The Labute approximate surface area is 83.8 Å². The molecule has 0 unspecified atom stereocenters. The second-order valence-corrected chi connectivity index (χ2v) is 2.72. The zero-order chi connectivity index (χ0) is 10.7. The molecule has 15 heavy (non-hydrogen) atoms. The van der Waals surface area contributed by atoms with Gasteiger partial charge in [0.1, 0.15) is 5.82 Å². The summed E-state index contributed by atoms with van der Waals surface area (Å²) in [5.74, 6) is 0.149. The van der Waals surface area contributed by atoms with Crippen molar-refractivity contribution < 1.29 is 9.42 Å². The van der Waals surface area contributed by atoms with Gasteiger partial charge in [-0.05, 0) is 10.3 Å². The Balaban J connectivity index is 1.96. The third-order valence-corrected chi connectivity index (χ3v) is 1.70. The van der Waals surface area contributed by atoms with Crippen LogP contribution in [0, 0.1) is 0 Å². The number of rotatable bonds is 3. The minimum absolute atomic E-state index is 0.0263. The summed E-state index contributed by atoms with van der Waals surface area (Å²) in [7, 11) is 0. The van der Waals surface area contributed by atoms with Crippen molar-refractivity contribution in [3.8, 4) is 0 Å². The number of nitrogens with zero attached hydrogens (tertiary/aromatic N) is 3. The van der Waals surface area contributed by atoms with Gasteiger partial charge in [-0.1, -0.05) is 0 Å². The molecule has 8 heteroatoms. The lowest BCUT2D eigenvalue weighted by Gasteiger charge is -1.99. The Morgan fingerprint density at radius 2 is 2.47 bits per heavy atom. The van der Waals surface area contributed by atoms with Gasteiger partial charge >= 0.3 is 0 Å². The molecule has 0 saturated heterocycles. The van der Waals surface area contributed by atoms with Gasteiger partial charge < -0.3 is 16.0 Å². The SMILES string of the molecule is Nc1nonc1C(=O)NCc1ncc[nH]1. The zero-order valence-corrected chi connectivity index (χ0v) is 7.60. The predicted molar refractivity (Wildman–Crippen MR) is 48.5 cm³/mol. The smallest absolute Gasteiger partial charge is 0.277 e. The number of aromatic amines is 1. The van der Waals surface area contributed by atoms with E-state index in [1.807, 2.05) is 0 Å². The molecule has 4 N–H and O–H groups in total. The van der Waals surface area contributed by atoms with E-state index in [0.29, 0.717) is 5.82 Å². The lowest BCUT2D eigenvalue weighted by molar-refractivity contribution is 0.0940. The van der Waals surface area contributed by atoms with Crippen molar-refractivity contribution in [2.75, 3.05) is 5.73 Å². The van der Waals surface area contributed by atoms with Crippen LogP contribution in [0.2, 0.25) is 0 Å². The highest BCUT2D eigenvalue weighted by atomic mass is 16.6. The average molecular weight is 208 g/mol. The van der Waals surface area contributed by atoms with Gasteiger partial charge in [-0.15, -0.1) is 0 Å². The predicted octanol–water partition coefficient (Wildman–Crippen LogP) is -0.695. The topological polar surface area (TPSA) is 123 Å². The number of hydrogen-bond donors (Lipinski definition) is 3. The van der Waals surface area contributed by atoms with Gasteiger partial charge in [-0.25, -0.2) is 9.61 Å². The number of carbonyl (C=O) groups is 1. The quantitative estimate of drug-likeness (QED) is 0.613. The van der Waals surface area contributed by atoms with Crippen molar-refractivity contribution in [2.24, 2.45) is 0 Å². The maximum absolute atomic E-state index is 11.4. The van der Waals surface area contributed by atoms with Crippen molar-refractivity contribution >= 4 is 11.7 Å². The summed E-state index contributed by atoms with van der Waals surface area (Å²) in [6, 6.07) is 0. The number of amides is 1. The molecule has 8 nitrogen and oxygen atoms in total. The largest absolute Gasteiger partial charge is 0.379 e. The molecule has 0 radical (unpaired) electrons. The van der Waals surface area contributed by atoms with E-state index in [0.717, 1.165) is 0 Å². The molecule has 0 spiro atoms. The average Bonchev–Trinajstić information content (AvgIpc) is 2.84. The molecule has 0 bridgehead atoms. The Morgan fingerprint density at radius 1 is 1.60 bits per heavy atom. The first kappa shape index (κ1) is 9.19. The standard InChI is InChI=1S/C7H8N6O2/c8-6-5(12-15-13-6)7(14)11-3-4-9-1-2-10-4/h1-2H,3H2,(H2,8,13)(H,9,10)(H,11,14). The minimum Gasteiger partial charge on any atom is -0.379 e. The molecule has 1 amide bonds. The van der Waals surface area contributed by atoms with Crippen molar-refractivity contribution in [2.45, 2.75) is 6.54 Å². The summed E-state index contributed by atoms with van der Waals surface area (Å²) >= 11 is 0. The summed E-state index contributed by atoms with van der Waals surface area (Å²) in [4.78, 5) is 18.2. The molecule has 0 fully saturated rings. The van der Waals surface area contributed by atoms with Crippen LogP contribution in [0.5, 0.6) is 0 Å². The highest BCUT2D eigenvalue weighted by Gasteiger charge is 2.15. The van der Waals surface area contributed by atoms with Crippen LogP contribution in [0.1, 0.15) is 16.3 Å². The summed E-state index contributed by atoms with van der Waals surface area (Å²) in [6.07, 6.45) is 3.25. The van der Waals surface area contributed by atoms with Gasteiger partial charge in [0.15, 0.2) is 0 Å². The summed E-state index contributed by atoms with van der Waals surface area (Å²) < 4.78 is 4.29. The first-order chi connectivity index (χ1) is 7.27. The van der Waals surface area contributed by atoms with E-state index >= 15 is 0 Å². The molecule has 0 aliphatic heterocycles. The van der Waals surface area contributed by atoms with E-state index in [1.165, 1.54) is 0 Å². The highest BCUT2D eigenvalue weighted by Crippen LogP contribution is 2.03. The first-order valence-corrected chi connectivity index (χ1v) is 4.12. The number of hydrogen-bond acceptors (Lipinski definition) is 6. The maximum atomic E-state index is 11.4. The third kappa shape index (κ3) is 1.93. The van der Waals surface area contributed by atoms with Gasteiger partial charge in [0.25, 0.3) is 5.91 Å². The van der Waals surface area contributed by atoms with Gasteiger partial charge in [-0.2, -0.15) is 0 Å². The first-order valence-electron chi connectivity index (χ1n) is 4.12. The molecule has 2 rings (SSSR count). The Kier molecular flexibility index (Phi) is 2.31. The minimum atomic E-state index is -0.454. The van der Waals surface area contributed by atoms with Crippen LogP contribution in [0.15, 0.2) is 17.0 Å². The van der Waals surface area contributed by atoms with E-state index < -0.39 is 5.91 Å². The fraction of sp³-hybridized carbons (Fsp3) is 0.143. The van der Waals surface area contributed by atoms with E-state index in [1.54, 1.807) is 12.4 Å². The van der Waals surface area contributed by atoms with Gasteiger partial charge in [0, 0.05) is 12.4 Å². The zero-order valence-electron chi connectivity index (χ0n) is 7.60. The van der Waals surface area contributed by atoms with E-state index in [4.69, 9.17) is 5.73 Å². The monoisotopic (exact) mass is 208 g/mol. The van der Waals surface area contributed by atoms with Crippen LogP contribution in [-0.4, -0.2) is 26.2 Å². The number of nitrogens with one attached hydrogen (secondary N) is 2. The number of nitrogens with two attached hydrogens (primary N) is 1. The van der Waals surface area contributed by atoms with Crippen LogP contribution in [0.4, 0.5) is 5.82 Å². The second kappa shape index (κ2) is 3.78. The summed E-state index contributed by atoms with van der Waals surface area (Å²) in [6.45, 7) is 0.262. The fourth-order valence-corrected chi connectivity index (χ4v) is 0.995. The number of carbonyl (C=O) groups excluding carboxylic acids is 1. The normalized spacial score (nSPS) is 10.1. The van der Waals surface area contributed by atoms with Crippen molar-refractivity contribution in [1.82, 2.24) is 25.6 Å². The Morgan fingerprint density at radius 3 is 3.07 bits per heavy atom. The third-order valence-electron chi connectivity index (χ3n) is 1.70. The lowest BCUT2D eigenvalue weighted by Crippen LogP contribution is -2.24. The lowest BCUT2D eigenvalue weighted by atomic mass is 10.4. The number of nitrogen functional groups attached to an aromatic ring is 1. The molecular weight excluding hydrogens is 200 g/mol. The van der Waals surface area contributed by atoms with Crippen LogP contribution < -0.4 is 11.1 Å². The molecule has 0 aromatic carbocycles. The molecule has 0 aliphatic carbocycles. The summed E-state index contributed by atoms with van der Waals surface area (Å²) in [5, 5.41) is 9.21. The summed E-state index contributed by atoms with van der Waals surface area (Å²) in [5.41, 5.74) is 5.31. The number of H-pyrrole nitrogens is 1. The molecule has 2 aromatic rings. The van der Waals surface area contributed by atoms with Crippen molar-refractivity contribution in [3.05, 3.63) is 23.9 Å². The van der Waals surface area contributed by atoms with Crippen LogP contribution in [-0.2, 0) is 6.54 Å². The molecule has 2 aromatic heterocycles. The van der Waals surface area contributed by atoms with Gasteiger partial charge in [0.2, 0.25) is 11.5 Å². The Hall–Kier alpha value is -2.38. The van der Waals surface area contributed by atoms with Crippen molar-refractivity contribution in [1.29, 1.82) is 0 Å². The number of imidazole rings is 1. The fourth-order valence-electron chi connectivity index (χ4n) is 0.995. The number of anilines is 1. The molecule has 0 aliphatic rings.